The molecule has 0 radical (unpaired) electrons. The minimum Gasteiger partial charge on any atom is -0.334 e. The molecule has 2 amide bonds. The number of rotatable bonds is 5. The fourth-order valence-electron chi connectivity index (χ4n) is 3.87. The molecule has 3 aromatic carbocycles. The molecule has 5 nitrogen and oxygen atoms in total. The molecule has 0 spiro atoms. The summed E-state index contributed by atoms with van der Waals surface area (Å²) in [6, 6.07) is 19.0. The standard InChI is InChI=1S/C26H23FN2O3S/c1-33-23-10-2-17(3-11-23)14-24(19-6-8-22(27)9-7-19)26(31)29-13-12-18-4-5-20(25(30)28-32)15-21(18)16-29/h2-11,14-15,32H,12-13,16H2,1H3,(H,28,30)/b24-14-. The van der Waals surface area contributed by atoms with Crippen LogP contribution in [0.15, 0.2) is 71.6 Å². The van der Waals surface area contributed by atoms with E-state index >= 15 is 0 Å². The van der Waals surface area contributed by atoms with Crippen LogP contribution in [0.25, 0.3) is 11.6 Å². The van der Waals surface area contributed by atoms with Gasteiger partial charge in [-0.3, -0.25) is 14.8 Å². The highest BCUT2D eigenvalue weighted by molar-refractivity contribution is 7.98. The molecule has 1 aliphatic rings. The maximum absolute atomic E-state index is 13.6. The number of hydrogen-bond acceptors (Lipinski definition) is 4. The molecule has 4 rings (SSSR count). The molecular weight excluding hydrogens is 439 g/mol. The fourth-order valence-corrected chi connectivity index (χ4v) is 4.28. The molecule has 1 heterocycles. The molecular formula is C26H23FN2O3S. The van der Waals surface area contributed by atoms with Gasteiger partial charge in [-0.1, -0.05) is 30.3 Å². The lowest BCUT2D eigenvalue weighted by Crippen LogP contribution is -2.36. The zero-order chi connectivity index (χ0) is 23.4. The Kier molecular flexibility index (Phi) is 6.91. The summed E-state index contributed by atoms with van der Waals surface area (Å²) >= 11 is 1.64. The molecule has 0 saturated heterocycles. The first-order chi connectivity index (χ1) is 16.0. The first-order valence-corrected chi connectivity index (χ1v) is 11.7. The molecule has 3 aromatic rings. The number of hydroxylamine groups is 1. The smallest absolute Gasteiger partial charge is 0.274 e. The Morgan fingerprint density at radius 3 is 2.36 bits per heavy atom. The van der Waals surface area contributed by atoms with Gasteiger partial charge in [-0.15, -0.1) is 11.8 Å². The summed E-state index contributed by atoms with van der Waals surface area (Å²) < 4.78 is 13.5. The lowest BCUT2D eigenvalue weighted by molar-refractivity contribution is -0.125. The summed E-state index contributed by atoms with van der Waals surface area (Å²) in [4.78, 5) is 28.3. The first kappa shape index (κ1) is 22.8. The van der Waals surface area contributed by atoms with E-state index in [1.807, 2.05) is 42.7 Å². The van der Waals surface area contributed by atoms with Crippen molar-refractivity contribution in [2.75, 3.05) is 12.8 Å². The summed E-state index contributed by atoms with van der Waals surface area (Å²) in [6.07, 6.45) is 4.48. The van der Waals surface area contributed by atoms with Crippen LogP contribution in [0.3, 0.4) is 0 Å². The highest BCUT2D eigenvalue weighted by Crippen LogP contribution is 2.27. The lowest BCUT2D eigenvalue weighted by Gasteiger charge is -2.30. The van der Waals surface area contributed by atoms with E-state index in [2.05, 4.69) is 0 Å². The summed E-state index contributed by atoms with van der Waals surface area (Å²) in [6.45, 7) is 0.867. The normalized spacial score (nSPS) is 13.4. The summed E-state index contributed by atoms with van der Waals surface area (Å²) in [5, 5.41) is 8.92. The zero-order valence-electron chi connectivity index (χ0n) is 18.0. The number of amides is 2. The highest BCUT2D eigenvalue weighted by Gasteiger charge is 2.25. The van der Waals surface area contributed by atoms with Crippen molar-refractivity contribution in [1.82, 2.24) is 10.4 Å². The van der Waals surface area contributed by atoms with Crippen molar-refractivity contribution in [1.29, 1.82) is 0 Å². The molecule has 0 unspecified atom stereocenters. The van der Waals surface area contributed by atoms with Crippen LogP contribution in [0, 0.1) is 5.82 Å². The minimum absolute atomic E-state index is 0.168. The van der Waals surface area contributed by atoms with E-state index < -0.39 is 5.91 Å². The number of fused-ring (bicyclic) bond motifs is 1. The summed E-state index contributed by atoms with van der Waals surface area (Å²) in [7, 11) is 0. The van der Waals surface area contributed by atoms with Crippen molar-refractivity contribution in [2.45, 2.75) is 17.9 Å². The summed E-state index contributed by atoms with van der Waals surface area (Å²) in [5.41, 5.74) is 5.87. The van der Waals surface area contributed by atoms with Crippen molar-refractivity contribution in [3.05, 3.63) is 100 Å². The maximum Gasteiger partial charge on any atom is 0.274 e. The second-order valence-electron chi connectivity index (χ2n) is 7.74. The van der Waals surface area contributed by atoms with Gasteiger partial charge in [-0.25, -0.2) is 9.87 Å². The number of hydrogen-bond donors (Lipinski definition) is 2. The van der Waals surface area contributed by atoms with E-state index in [9.17, 15) is 14.0 Å². The molecule has 2 N–H and O–H groups in total. The number of nitrogens with one attached hydrogen (secondary N) is 1. The van der Waals surface area contributed by atoms with Crippen LogP contribution >= 0.6 is 11.8 Å². The van der Waals surface area contributed by atoms with E-state index in [0.29, 0.717) is 36.2 Å². The Labute approximate surface area is 195 Å². The molecule has 0 aliphatic carbocycles. The SMILES string of the molecule is CSc1ccc(/C=C(\C(=O)N2CCc3ccc(C(=O)NO)cc3C2)c2ccc(F)cc2)cc1. The summed E-state index contributed by atoms with van der Waals surface area (Å²) in [5.74, 6) is -1.13. The Hall–Kier alpha value is -3.42. The highest BCUT2D eigenvalue weighted by atomic mass is 32.2. The van der Waals surface area contributed by atoms with Crippen LogP contribution in [0.4, 0.5) is 4.39 Å². The quantitative estimate of drug-likeness (QED) is 0.188. The molecule has 168 valence electrons. The van der Waals surface area contributed by atoms with Gasteiger partial charge >= 0.3 is 0 Å². The van der Waals surface area contributed by atoms with Gasteiger partial charge in [0.25, 0.3) is 11.8 Å². The van der Waals surface area contributed by atoms with Gasteiger partial charge in [0.05, 0.1) is 0 Å². The molecule has 0 aromatic heterocycles. The van der Waals surface area contributed by atoms with Gasteiger partial charge in [0.2, 0.25) is 0 Å². The van der Waals surface area contributed by atoms with Crippen molar-refractivity contribution in [3.63, 3.8) is 0 Å². The minimum atomic E-state index is -0.596. The van der Waals surface area contributed by atoms with Crippen molar-refractivity contribution < 1.29 is 19.2 Å². The average Bonchev–Trinajstić information content (AvgIpc) is 2.86. The van der Waals surface area contributed by atoms with E-state index in [0.717, 1.165) is 21.6 Å². The monoisotopic (exact) mass is 462 g/mol. The van der Waals surface area contributed by atoms with Crippen LogP contribution < -0.4 is 5.48 Å². The Bertz CT molecular complexity index is 1210. The maximum atomic E-state index is 13.6. The van der Waals surface area contributed by atoms with Gasteiger partial charge in [0.1, 0.15) is 5.82 Å². The number of thioether (sulfide) groups is 1. The van der Waals surface area contributed by atoms with Gasteiger partial charge in [0.15, 0.2) is 0 Å². The molecule has 33 heavy (non-hydrogen) atoms. The molecule has 0 bridgehead atoms. The largest absolute Gasteiger partial charge is 0.334 e. The van der Waals surface area contributed by atoms with Crippen LogP contribution in [0.2, 0.25) is 0 Å². The number of carbonyl (C=O) groups excluding carboxylic acids is 2. The number of carbonyl (C=O) groups is 2. The third kappa shape index (κ3) is 5.16. The second kappa shape index (κ2) is 10.0. The van der Waals surface area contributed by atoms with Gasteiger partial charge in [0, 0.05) is 29.1 Å². The molecule has 0 atom stereocenters. The Balaban J connectivity index is 1.67. The van der Waals surface area contributed by atoms with E-state index in [1.54, 1.807) is 46.4 Å². The van der Waals surface area contributed by atoms with Crippen LogP contribution in [-0.4, -0.2) is 34.7 Å². The molecule has 0 fully saturated rings. The van der Waals surface area contributed by atoms with Crippen LogP contribution in [0.1, 0.15) is 32.6 Å². The first-order valence-electron chi connectivity index (χ1n) is 10.5. The third-order valence-corrected chi connectivity index (χ3v) is 6.43. The molecule has 1 aliphatic heterocycles. The Morgan fingerprint density at radius 1 is 1.00 bits per heavy atom. The predicted molar refractivity (Wildman–Crippen MR) is 127 cm³/mol. The topological polar surface area (TPSA) is 69.6 Å². The van der Waals surface area contributed by atoms with Gasteiger partial charge < -0.3 is 4.90 Å². The van der Waals surface area contributed by atoms with E-state index in [-0.39, 0.29) is 11.7 Å². The number of nitrogens with zero attached hydrogens (tertiary/aromatic N) is 1. The lowest BCUT2D eigenvalue weighted by atomic mass is 9.95. The third-order valence-electron chi connectivity index (χ3n) is 5.68. The average molecular weight is 463 g/mol. The molecule has 0 saturated carbocycles. The van der Waals surface area contributed by atoms with Gasteiger partial charge in [-0.05, 0) is 77.4 Å². The van der Waals surface area contributed by atoms with E-state index in [1.165, 1.54) is 12.1 Å². The van der Waals surface area contributed by atoms with Crippen molar-refractivity contribution in [3.8, 4) is 0 Å². The Morgan fingerprint density at radius 2 is 1.70 bits per heavy atom. The number of halogens is 1. The molecule has 7 heteroatoms. The fraction of sp³-hybridized carbons (Fsp3) is 0.154. The van der Waals surface area contributed by atoms with Crippen LogP contribution in [-0.2, 0) is 17.8 Å². The number of benzene rings is 3. The van der Waals surface area contributed by atoms with Crippen LogP contribution in [0.5, 0.6) is 0 Å². The zero-order valence-corrected chi connectivity index (χ0v) is 18.9. The van der Waals surface area contributed by atoms with Crippen molar-refractivity contribution in [2.24, 2.45) is 0 Å². The predicted octanol–water partition coefficient (Wildman–Crippen LogP) is 4.79. The van der Waals surface area contributed by atoms with Crippen molar-refractivity contribution >= 4 is 35.2 Å². The van der Waals surface area contributed by atoms with Gasteiger partial charge in [-0.2, -0.15) is 0 Å². The second-order valence-corrected chi connectivity index (χ2v) is 8.62. The van der Waals surface area contributed by atoms with E-state index in [4.69, 9.17) is 5.21 Å².